The quantitative estimate of drug-likeness (QED) is 0.148. The van der Waals surface area contributed by atoms with Crippen molar-refractivity contribution in [3.8, 4) is 0 Å². The van der Waals surface area contributed by atoms with Gasteiger partial charge in [-0.25, -0.2) is 4.79 Å². The molecular formula is C21H30N6O7. The molecule has 0 spiro atoms. The van der Waals surface area contributed by atoms with Gasteiger partial charge in [0.05, 0.1) is 12.5 Å². The summed E-state index contributed by atoms with van der Waals surface area (Å²) in [4.78, 5) is 71.6. The number of carbonyl (C=O) groups excluding carboxylic acids is 5. The molecule has 1 rings (SSSR count). The van der Waals surface area contributed by atoms with Crippen LogP contribution in [0.4, 0.5) is 0 Å². The average Bonchev–Trinajstić information content (AvgIpc) is 2.75. The lowest BCUT2D eigenvalue weighted by Gasteiger charge is -2.24. The van der Waals surface area contributed by atoms with Gasteiger partial charge in [0.2, 0.25) is 29.5 Å². The Morgan fingerprint density at radius 1 is 0.824 bits per heavy atom. The summed E-state index contributed by atoms with van der Waals surface area (Å²) in [5.41, 5.74) is 16.5. The Bertz CT molecular complexity index is 906. The van der Waals surface area contributed by atoms with Gasteiger partial charge in [0, 0.05) is 12.8 Å². The number of amides is 5. The van der Waals surface area contributed by atoms with E-state index in [1.165, 1.54) is 6.92 Å². The summed E-state index contributed by atoms with van der Waals surface area (Å²) in [6.45, 7) is 1.42. The van der Waals surface area contributed by atoms with Crippen LogP contribution in [0.15, 0.2) is 30.3 Å². The number of hydrogen-bond donors (Lipinski definition) is 7. The molecule has 0 fully saturated rings. The molecule has 1 aromatic carbocycles. The Morgan fingerprint density at radius 2 is 1.35 bits per heavy atom. The van der Waals surface area contributed by atoms with Gasteiger partial charge in [-0.15, -0.1) is 0 Å². The third-order valence-corrected chi connectivity index (χ3v) is 4.66. The fourth-order valence-corrected chi connectivity index (χ4v) is 2.86. The van der Waals surface area contributed by atoms with E-state index < -0.39 is 66.1 Å². The first-order valence-corrected chi connectivity index (χ1v) is 10.4. The molecule has 4 atom stereocenters. The molecule has 0 aliphatic heterocycles. The first kappa shape index (κ1) is 28.0. The minimum absolute atomic E-state index is 0.0480. The maximum atomic E-state index is 13.0. The molecule has 186 valence electrons. The van der Waals surface area contributed by atoms with E-state index in [-0.39, 0.29) is 19.3 Å². The molecule has 0 aliphatic carbocycles. The number of rotatable bonds is 14. The lowest BCUT2D eigenvalue weighted by molar-refractivity contribution is -0.142. The summed E-state index contributed by atoms with van der Waals surface area (Å²) >= 11 is 0. The van der Waals surface area contributed by atoms with E-state index in [2.05, 4.69) is 16.0 Å². The number of primary amides is 2. The Hall–Kier alpha value is -4.00. The average molecular weight is 479 g/mol. The Balaban J connectivity index is 3.05. The van der Waals surface area contributed by atoms with Crippen LogP contribution in [0.5, 0.6) is 0 Å². The molecule has 0 saturated carbocycles. The number of carbonyl (C=O) groups is 6. The van der Waals surface area contributed by atoms with Gasteiger partial charge < -0.3 is 38.3 Å². The molecule has 4 unspecified atom stereocenters. The van der Waals surface area contributed by atoms with Crippen molar-refractivity contribution in [3.63, 3.8) is 0 Å². The van der Waals surface area contributed by atoms with Gasteiger partial charge in [-0.1, -0.05) is 30.3 Å². The van der Waals surface area contributed by atoms with Gasteiger partial charge in [0.1, 0.15) is 18.1 Å². The third kappa shape index (κ3) is 10.1. The Kier molecular flexibility index (Phi) is 11.2. The van der Waals surface area contributed by atoms with Crippen LogP contribution in [-0.4, -0.2) is 64.8 Å². The maximum Gasteiger partial charge on any atom is 0.326 e. The summed E-state index contributed by atoms with van der Waals surface area (Å²) in [5, 5.41) is 16.2. The van der Waals surface area contributed by atoms with E-state index >= 15 is 0 Å². The normalized spacial score (nSPS) is 14.1. The zero-order chi connectivity index (χ0) is 25.8. The number of benzene rings is 1. The van der Waals surface area contributed by atoms with Gasteiger partial charge in [-0.3, -0.25) is 24.0 Å². The second-order valence-electron chi connectivity index (χ2n) is 7.68. The number of carboxylic acids is 1. The van der Waals surface area contributed by atoms with Crippen LogP contribution >= 0.6 is 0 Å². The standard InChI is InChI=1S/C21H30N6O7/c1-11(22)18(30)26-14(9-12-5-3-2-4-6-12)19(31)27-15(10-17(24)29)20(32)25-13(21(33)34)7-8-16(23)28/h2-6,11,13-15H,7-10,22H2,1H3,(H2,23,28)(H2,24,29)(H,25,32)(H,26,30)(H,27,31)(H,33,34). The van der Waals surface area contributed by atoms with E-state index in [4.69, 9.17) is 17.2 Å². The van der Waals surface area contributed by atoms with Crippen molar-refractivity contribution < 1.29 is 33.9 Å². The third-order valence-electron chi connectivity index (χ3n) is 4.66. The molecule has 0 radical (unpaired) electrons. The van der Waals surface area contributed by atoms with Crippen LogP contribution in [0, 0.1) is 0 Å². The molecule has 34 heavy (non-hydrogen) atoms. The highest BCUT2D eigenvalue weighted by atomic mass is 16.4. The lowest BCUT2D eigenvalue weighted by atomic mass is 10.0. The second-order valence-corrected chi connectivity index (χ2v) is 7.68. The number of nitrogens with one attached hydrogen (secondary N) is 3. The van der Waals surface area contributed by atoms with Crippen LogP contribution in [-0.2, 0) is 35.2 Å². The van der Waals surface area contributed by atoms with Crippen LogP contribution in [0.3, 0.4) is 0 Å². The molecule has 1 aromatic rings. The molecular weight excluding hydrogens is 448 g/mol. The summed E-state index contributed by atoms with van der Waals surface area (Å²) in [5.74, 6) is -5.60. The molecule has 10 N–H and O–H groups in total. The van der Waals surface area contributed by atoms with Crippen LogP contribution in [0.2, 0.25) is 0 Å². The minimum atomic E-state index is -1.54. The van der Waals surface area contributed by atoms with Crippen LogP contribution in [0.25, 0.3) is 0 Å². The smallest absolute Gasteiger partial charge is 0.326 e. The van der Waals surface area contributed by atoms with E-state index in [1.54, 1.807) is 30.3 Å². The molecule has 13 heteroatoms. The molecule has 5 amide bonds. The summed E-state index contributed by atoms with van der Waals surface area (Å²) in [7, 11) is 0. The van der Waals surface area contributed by atoms with Crippen molar-refractivity contribution in [1.82, 2.24) is 16.0 Å². The summed E-state index contributed by atoms with van der Waals surface area (Å²) in [6, 6.07) is 3.58. The van der Waals surface area contributed by atoms with Crippen molar-refractivity contribution in [1.29, 1.82) is 0 Å². The van der Waals surface area contributed by atoms with Crippen LogP contribution in [0.1, 0.15) is 31.7 Å². The van der Waals surface area contributed by atoms with Gasteiger partial charge in [-0.05, 0) is 18.9 Å². The topological polar surface area (TPSA) is 237 Å². The molecule has 13 nitrogen and oxygen atoms in total. The zero-order valence-corrected chi connectivity index (χ0v) is 18.7. The van der Waals surface area contributed by atoms with E-state index in [1.807, 2.05) is 0 Å². The van der Waals surface area contributed by atoms with Gasteiger partial charge in [0.25, 0.3) is 0 Å². The Labute approximate surface area is 195 Å². The summed E-state index contributed by atoms with van der Waals surface area (Å²) < 4.78 is 0. The highest BCUT2D eigenvalue weighted by Crippen LogP contribution is 2.06. The van der Waals surface area contributed by atoms with Gasteiger partial charge in [-0.2, -0.15) is 0 Å². The van der Waals surface area contributed by atoms with Crippen molar-refractivity contribution in [2.45, 2.75) is 56.8 Å². The van der Waals surface area contributed by atoms with Gasteiger partial charge >= 0.3 is 5.97 Å². The number of aliphatic carboxylic acids is 1. The molecule has 0 heterocycles. The highest BCUT2D eigenvalue weighted by Gasteiger charge is 2.31. The monoisotopic (exact) mass is 478 g/mol. The van der Waals surface area contributed by atoms with E-state index in [0.717, 1.165) is 0 Å². The second kappa shape index (κ2) is 13.5. The van der Waals surface area contributed by atoms with Crippen molar-refractivity contribution >= 4 is 35.5 Å². The van der Waals surface area contributed by atoms with E-state index in [0.29, 0.717) is 5.56 Å². The highest BCUT2D eigenvalue weighted by molar-refractivity contribution is 5.96. The van der Waals surface area contributed by atoms with Gasteiger partial charge in [0.15, 0.2) is 0 Å². The molecule has 0 aliphatic rings. The first-order chi connectivity index (χ1) is 15.9. The van der Waals surface area contributed by atoms with Crippen molar-refractivity contribution in [3.05, 3.63) is 35.9 Å². The number of hydrogen-bond acceptors (Lipinski definition) is 7. The molecule has 0 bridgehead atoms. The number of carboxylic acid groups (broad SMARTS) is 1. The predicted molar refractivity (Wildman–Crippen MR) is 119 cm³/mol. The van der Waals surface area contributed by atoms with Crippen LogP contribution < -0.4 is 33.2 Å². The lowest BCUT2D eigenvalue weighted by Crippen LogP contribution is -2.58. The van der Waals surface area contributed by atoms with Crippen molar-refractivity contribution in [2.75, 3.05) is 0 Å². The summed E-state index contributed by atoms with van der Waals surface area (Å²) in [6.07, 6.45) is -1.20. The zero-order valence-electron chi connectivity index (χ0n) is 18.7. The number of nitrogens with two attached hydrogens (primary N) is 3. The minimum Gasteiger partial charge on any atom is -0.480 e. The molecule has 0 aromatic heterocycles. The maximum absolute atomic E-state index is 13.0. The largest absolute Gasteiger partial charge is 0.480 e. The van der Waals surface area contributed by atoms with Crippen molar-refractivity contribution in [2.24, 2.45) is 17.2 Å². The predicted octanol–water partition coefficient (Wildman–Crippen LogP) is -2.74. The SMILES string of the molecule is CC(N)C(=O)NC(Cc1ccccc1)C(=O)NC(CC(N)=O)C(=O)NC(CCC(N)=O)C(=O)O. The molecule has 0 saturated heterocycles. The Morgan fingerprint density at radius 3 is 1.85 bits per heavy atom. The fraction of sp³-hybridized carbons (Fsp3) is 0.429. The fourth-order valence-electron chi connectivity index (χ4n) is 2.86. The van der Waals surface area contributed by atoms with E-state index in [9.17, 15) is 33.9 Å². The first-order valence-electron chi connectivity index (χ1n) is 10.4.